The predicted octanol–water partition coefficient (Wildman–Crippen LogP) is 2.88. The Morgan fingerprint density at radius 2 is 1.78 bits per heavy atom. The Balaban J connectivity index is 2.28. The smallest absolute Gasteiger partial charge is 0.0489 e. The number of halogens is 1. The van der Waals surface area contributed by atoms with E-state index in [4.69, 9.17) is 0 Å². The summed E-state index contributed by atoms with van der Waals surface area (Å²) in [7, 11) is 0. The van der Waals surface area contributed by atoms with E-state index in [1.807, 2.05) is 0 Å². The van der Waals surface area contributed by atoms with Gasteiger partial charge in [-0.25, -0.2) is 0 Å². The fourth-order valence-corrected chi connectivity index (χ4v) is 1.45. The summed E-state index contributed by atoms with van der Waals surface area (Å²) in [6, 6.07) is 0. The fraction of sp³-hybridized carbons (Fsp3) is 0.625. The molecule has 0 aromatic heterocycles. The first-order valence-corrected chi connectivity index (χ1v) is 4.19. The zero-order chi connectivity index (χ0) is 6.53. The lowest BCUT2D eigenvalue weighted by Crippen LogP contribution is -2.00. The molecule has 0 amide bonds. The van der Waals surface area contributed by atoms with Crippen LogP contribution < -0.4 is 0 Å². The van der Waals surface area contributed by atoms with Crippen molar-refractivity contribution < 1.29 is 0 Å². The van der Waals surface area contributed by atoms with Gasteiger partial charge in [-0.1, -0.05) is 25.2 Å². The number of rotatable bonds is 0. The third-order valence-corrected chi connectivity index (χ3v) is 1.88. The van der Waals surface area contributed by atoms with Gasteiger partial charge in [-0.3, -0.25) is 0 Å². The van der Waals surface area contributed by atoms with E-state index in [1.165, 1.54) is 38.0 Å². The Labute approximate surface area is 65.2 Å². The maximum atomic E-state index is 3.10. The second-order valence-corrected chi connectivity index (χ2v) is 2.78. The maximum Gasteiger partial charge on any atom is 0.0489 e. The molecule has 1 radical (unpaired) electrons. The van der Waals surface area contributed by atoms with Crippen LogP contribution in [0.2, 0.25) is 0 Å². The summed E-state index contributed by atoms with van der Waals surface area (Å²) in [6.45, 7) is 0. The Morgan fingerprint density at radius 3 is 2.33 bits per heavy atom. The highest BCUT2D eigenvalue weighted by molar-refractivity contribution is 9.12. The minimum Gasteiger partial charge on any atom is -0.0824 e. The topological polar surface area (TPSA) is 0 Å². The molecular weight excluding hydrogens is 176 g/mol. The van der Waals surface area contributed by atoms with Crippen LogP contribution in [-0.4, -0.2) is 0 Å². The van der Waals surface area contributed by atoms with Gasteiger partial charge in [0.2, 0.25) is 0 Å². The lowest BCUT2D eigenvalue weighted by Gasteiger charge is -2.14. The van der Waals surface area contributed by atoms with Gasteiger partial charge < -0.3 is 0 Å². The van der Waals surface area contributed by atoms with Crippen molar-refractivity contribution in [1.82, 2.24) is 0 Å². The molecule has 0 atom stereocenters. The van der Waals surface area contributed by atoms with Gasteiger partial charge in [0.15, 0.2) is 0 Å². The fourth-order valence-electron chi connectivity index (χ4n) is 1.17. The van der Waals surface area contributed by atoms with E-state index in [1.54, 1.807) is 0 Å². The van der Waals surface area contributed by atoms with Crippen LogP contribution in [-0.2, 0) is 0 Å². The molecule has 0 spiro atoms. The van der Waals surface area contributed by atoms with Crippen LogP contribution in [0.1, 0.15) is 32.1 Å². The monoisotopic (exact) mass is 185 g/mol. The van der Waals surface area contributed by atoms with Crippen molar-refractivity contribution in [1.29, 1.82) is 0 Å². The maximum absolute atomic E-state index is 3.10. The van der Waals surface area contributed by atoms with Crippen LogP contribution in [0.25, 0.3) is 0 Å². The highest BCUT2D eigenvalue weighted by atomic mass is 79.9. The molecule has 0 bridgehead atoms. The lowest BCUT2D eigenvalue weighted by atomic mass is 9.90. The standard InChI is InChI=1S/C8H10Br/c9-7-6-8-4-2-1-3-5-8/h1-5H2. The van der Waals surface area contributed by atoms with E-state index < -0.39 is 0 Å². The molecule has 0 aromatic carbocycles. The van der Waals surface area contributed by atoms with Gasteiger partial charge >= 0.3 is 0 Å². The van der Waals surface area contributed by atoms with Gasteiger partial charge in [-0.05, 0) is 17.7 Å². The first kappa shape index (κ1) is 7.15. The average Bonchev–Trinajstić information content (AvgIpc) is 1.91. The summed E-state index contributed by atoms with van der Waals surface area (Å²) in [5, 5.41) is 0. The van der Waals surface area contributed by atoms with Crippen LogP contribution >= 0.6 is 15.9 Å². The molecule has 9 heavy (non-hydrogen) atoms. The normalized spacial score (nSPS) is 20.6. The van der Waals surface area contributed by atoms with E-state index in [0.717, 1.165) is 0 Å². The van der Waals surface area contributed by atoms with Crippen LogP contribution in [0.5, 0.6) is 0 Å². The molecule has 1 aliphatic rings. The molecule has 0 saturated heterocycles. The zero-order valence-electron chi connectivity index (χ0n) is 5.41. The minimum absolute atomic E-state index is 1.23. The largest absolute Gasteiger partial charge is 0.0824 e. The second kappa shape index (κ2) is 3.95. The molecule has 1 saturated carbocycles. The van der Waals surface area contributed by atoms with Gasteiger partial charge in [0.1, 0.15) is 0 Å². The van der Waals surface area contributed by atoms with Gasteiger partial charge in [0, 0.05) is 21.8 Å². The van der Waals surface area contributed by atoms with Crippen LogP contribution in [0.4, 0.5) is 0 Å². The molecule has 0 nitrogen and oxygen atoms in total. The summed E-state index contributed by atoms with van der Waals surface area (Å²) in [5.41, 5.74) is 0. The Morgan fingerprint density at radius 1 is 1.11 bits per heavy atom. The van der Waals surface area contributed by atoms with Crippen molar-refractivity contribution in [2.75, 3.05) is 0 Å². The molecule has 0 aliphatic heterocycles. The molecule has 0 heterocycles. The van der Waals surface area contributed by atoms with Crippen molar-refractivity contribution in [2.45, 2.75) is 32.1 Å². The van der Waals surface area contributed by atoms with Crippen molar-refractivity contribution >= 4 is 15.9 Å². The van der Waals surface area contributed by atoms with Crippen LogP contribution in [0.3, 0.4) is 0 Å². The molecule has 1 fully saturated rings. The second-order valence-electron chi connectivity index (χ2n) is 2.38. The first-order valence-electron chi connectivity index (χ1n) is 3.40. The number of hydrogen-bond acceptors (Lipinski definition) is 0. The molecular formula is C8H10Br. The molecule has 49 valence electrons. The van der Waals surface area contributed by atoms with Crippen LogP contribution in [0, 0.1) is 16.7 Å². The third-order valence-electron chi connectivity index (χ3n) is 1.68. The number of hydrogen-bond donors (Lipinski definition) is 0. The van der Waals surface area contributed by atoms with Crippen molar-refractivity contribution in [2.24, 2.45) is 0 Å². The van der Waals surface area contributed by atoms with E-state index in [9.17, 15) is 0 Å². The Kier molecular flexibility index (Phi) is 3.14. The molecule has 0 unspecified atom stereocenters. The van der Waals surface area contributed by atoms with Gasteiger partial charge in [-0.2, -0.15) is 0 Å². The molecule has 1 rings (SSSR count). The summed E-state index contributed by atoms with van der Waals surface area (Å²) in [4.78, 5) is 2.76. The first-order chi connectivity index (χ1) is 4.43. The van der Waals surface area contributed by atoms with E-state index >= 15 is 0 Å². The average molecular weight is 186 g/mol. The molecule has 1 aliphatic carbocycles. The molecule has 0 N–H and O–H groups in total. The van der Waals surface area contributed by atoms with Gasteiger partial charge in [0.05, 0.1) is 0 Å². The highest BCUT2D eigenvalue weighted by Gasteiger charge is 2.10. The van der Waals surface area contributed by atoms with Crippen molar-refractivity contribution in [3.63, 3.8) is 0 Å². The predicted molar refractivity (Wildman–Crippen MR) is 43.0 cm³/mol. The Bertz CT molecular complexity index is 123. The third kappa shape index (κ3) is 2.41. The van der Waals surface area contributed by atoms with Crippen molar-refractivity contribution in [3.8, 4) is 10.8 Å². The van der Waals surface area contributed by atoms with E-state index in [2.05, 4.69) is 26.7 Å². The summed E-state index contributed by atoms with van der Waals surface area (Å²) in [5.74, 6) is 4.50. The van der Waals surface area contributed by atoms with Crippen LogP contribution in [0.15, 0.2) is 0 Å². The lowest BCUT2D eigenvalue weighted by molar-refractivity contribution is 0.563. The summed E-state index contributed by atoms with van der Waals surface area (Å²) in [6.07, 6.45) is 6.55. The molecule has 1 heteroatoms. The van der Waals surface area contributed by atoms with E-state index in [-0.39, 0.29) is 0 Å². The zero-order valence-corrected chi connectivity index (χ0v) is 7.00. The highest BCUT2D eigenvalue weighted by Crippen LogP contribution is 2.24. The SMILES string of the molecule is BrC#C[C]1CCCCC1. The molecule has 0 aromatic rings. The van der Waals surface area contributed by atoms with Crippen molar-refractivity contribution in [3.05, 3.63) is 5.92 Å². The van der Waals surface area contributed by atoms with Gasteiger partial charge in [0.25, 0.3) is 0 Å². The minimum atomic E-state index is 1.23. The Hall–Kier alpha value is 0.0400. The summed E-state index contributed by atoms with van der Waals surface area (Å²) >= 11 is 3.10. The summed E-state index contributed by atoms with van der Waals surface area (Å²) < 4.78 is 0. The van der Waals surface area contributed by atoms with E-state index in [0.29, 0.717) is 0 Å². The quantitative estimate of drug-likeness (QED) is 0.510. The van der Waals surface area contributed by atoms with Gasteiger partial charge in [-0.15, -0.1) is 0 Å².